The molecule has 0 spiro atoms. The van der Waals surface area contributed by atoms with Crippen molar-refractivity contribution < 1.29 is 14.3 Å². The molecule has 1 fully saturated rings. The van der Waals surface area contributed by atoms with E-state index in [9.17, 15) is 4.79 Å². The lowest BCUT2D eigenvalue weighted by Gasteiger charge is -2.25. The molecule has 1 saturated heterocycles. The molecule has 0 saturated carbocycles. The summed E-state index contributed by atoms with van der Waals surface area (Å²) < 4.78 is 10.8. The fraction of sp³-hybridized carbons (Fsp3) is 0.400. The predicted octanol–water partition coefficient (Wildman–Crippen LogP) is 2.93. The Bertz CT molecular complexity index is 733. The van der Waals surface area contributed by atoms with Gasteiger partial charge in [0.1, 0.15) is 0 Å². The zero-order valence-electron chi connectivity index (χ0n) is 14.9. The van der Waals surface area contributed by atoms with E-state index >= 15 is 0 Å². The molecule has 1 amide bonds. The lowest BCUT2D eigenvalue weighted by Crippen LogP contribution is -2.38. The van der Waals surface area contributed by atoms with Crippen LogP contribution in [0, 0.1) is 6.92 Å². The maximum Gasteiger partial charge on any atom is 0.254 e. The highest BCUT2D eigenvalue weighted by Gasteiger charge is 2.36. The van der Waals surface area contributed by atoms with Gasteiger partial charge in [0.15, 0.2) is 0 Å². The second-order valence-corrected chi connectivity index (χ2v) is 6.35. The number of aromatic nitrogens is 1. The number of pyridine rings is 1. The number of benzene rings is 1. The number of ether oxygens (including phenoxy) is 2. The van der Waals surface area contributed by atoms with Crippen LogP contribution in [-0.2, 0) is 9.47 Å². The van der Waals surface area contributed by atoms with Gasteiger partial charge < -0.3 is 14.4 Å². The Morgan fingerprint density at radius 3 is 2.76 bits per heavy atom. The largest absolute Gasteiger partial charge is 0.383 e. The van der Waals surface area contributed by atoms with Crippen LogP contribution in [0.3, 0.4) is 0 Å². The summed E-state index contributed by atoms with van der Waals surface area (Å²) in [6, 6.07) is 11.6. The zero-order chi connectivity index (χ0) is 17.8. The monoisotopic (exact) mass is 340 g/mol. The molecule has 1 aromatic carbocycles. The van der Waals surface area contributed by atoms with Crippen molar-refractivity contribution in [3.05, 3.63) is 53.7 Å². The standard InChI is InChI=1S/C20H24N2O3/c1-14-17(19-9-4-5-10-21-19)7-6-8-18(14)20(23)22-12-16(25-3)11-15(22)13-24-2/h4-10,15-16H,11-13H2,1-3H3/t15-,16-/m0/s1. The molecular formula is C20H24N2O3. The van der Waals surface area contributed by atoms with Crippen LogP contribution in [0.4, 0.5) is 0 Å². The van der Waals surface area contributed by atoms with Crippen molar-refractivity contribution in [1.29, 1.82) is 0 Å². The third-order valence-corrected chi connectivity index (χ3v) is 4.83. The Labute approximate surface area is 148 Å². The topological polar surface area (TPSA) is 51.7 Å². The van der Waals surface area contributed by atoms with E-state index in [0.717, 1.165) is 23.2 Å². The molecule has 3 rings (SSSR count). The molecule has 25 heavy (non-hydrogen) atoms. The van der Waals surface area contributed by atoms with Crippen LogP contribution < -0.4 is 0 Å². The van der Waals surface area contributed by atoms with Crippen LogP contribution in [0.5, 0.6) is 0 Å². The Morgan fingerprint density at radius 2 is 2.08 bits per heavy atom. The van der Waals surface area contributed by atoms with E-state index in [4.69, 9.17) is 9.47 Å². The molecule has 0 unspecified atom stereocenters. The van der Waals surface area contributed by atoms with Gasteiger partial charge in [-0.25, -0.2) is 0 Å². The van der Waals surface area contributed by atoms with Crippen LogP contribution >= 0.6 is 0 Å². The Morgan fingerprint density at radius 1 is 1.24 bits per heavy atom. The van der Waals surface area contributed by atoms with Gasteiger partial charge in [0.05, 0.1) is 24.4 Å². The first-order chi connectivity index (χ1) is 12.2. The molecule has 2 heterocycles. The number of hydrogen-bond donors (Lipinski definition) is 0. The Kier molecular flexibility index (Phi) is 5.46. The van der Waals surface area contributed by atoms with Crippen molar-refractivity contribution in [3.63, 3.8) is 0 Å². The number of carbonyl (C=O) groups excluding carboxylic acids is 1. The van der Waals surface area contributed by atoms with Crippen molar-refractivity contribution >= 4 is 5.91 Å². The van der Waals surface area contributed by atoms with Gasteiger partial charge in [-0.1, -0.05) is 18.2 Å². The Hall–Kier alpha value is -2.24. The normalized spacial score (nSPS) is 20.0. The maximum atomic E-state index is 13.2. The average Bonchev–Trinajstić information content (AvgIpc) is 3.05. The SMILES string of the molecule is COC[C@@H]1C[C@H](OC)CN1C(=O)c1cccc(-c2ccccn2)c1C. The van der Waals surface area contributed by atoms with Crippen molar-refractivity contribution in [2.24, 2.45) is 0 Å². The molecule has 1 aromatic heterocycles. The van der Waals surface area contributed by atoms with Crippen LogP contribution in [0.1, 0.15) is 22.3 Å². The van der Waals surface area contributed by atoms with Crippen molar-refractivity contribution in [3.8, 4) is 11.3 Å². The van der Waals surface area contributed by atoms with E-state index in [1.807, 2.05) is 48.2 Å². The van der Waals surface area contributed by atoms with Crippen LogP contribution in [0.2, 0.25) is 0 Å². The summed E-state index contributed by atoms with van der Waals surface area (Å²) in [6.07, 6.45) is 2.62. The number of hydrogen-bond acceptors (Lipinski definition) is 4. The van der Waals surface area contributed by atoms with Gasteiger partial charge in [0, 0.05) is 38.1 Å². The summed E-state index contributed by atoms with van der Waals surface area (Å²) in [6.45, 7) is 3.09. The number of methoxy groups -OCH3 is 2. The first kappa shape index (κ1) is 17.6. The third kappa shape index (κ3) is 3.57. The number of amides is 1. The van der Waals surface area contributed by atoms with E-state index in [-0.39, 0.29) is 18.1 Å². The van der Waals surface area contributed by atoms with E-state index < -0.39 is 0 Å². The lowest BCUT2D eigenvalue weighted by atomic mass is 9.98. The van der Waals surface area contributed by atoms with E-state index in [2.05, 4.69) is 4.98 Å². The number of likely N-dealkylation sites (tertiary alicyclic amines) is 1. The van der Waals surface area contributed by atoms with Gasteiger partial charge in [-0.05, 0) is 37.1 Å². The average molecular weight is 340 g/mol. The smallest absolute Gasteiger partial charge is 0.254 e. The molecule has 2 aromatic rings. The minimum Gasteiger partial charge on any atom is -0.383 e. The number of rotatable bonds is 5. The van der Waals surface area contributed by atoms with E-state index in [0.29, 0.717) is 18.7 Å². The molecule has 5 nitrogen and oxygen atoms in total. The summed E-state index contributed by atoms with van der Waals surface area (Å²) in [5.41, 5.74) is 3.51. The maximum absolute atomic E-state index is 13.2. The molecular weight excluding hydrogens is 316 g/mol. The van der Waals surface area contributed by atoms with Gasteiger partial charge in [-0.3, -0.25) is 9.78 Å². The first-order valence-electron chi connectivity index (χ1n) is 8.49. The summed E-state index contributed by atoms with van der Waals surface area (Å²) >= 11 is 0. The quantitative estimate of drug-likeness (QED) is 0.840. The fourth-order valence-corrected chi connectivity index (χ4v) is 3.47. The van der Waals surface area contributed by atoms with Crippen molar-refractivity contribution in [2.45, 2.75) is 25.5 Å². The van der Waals surface area contributed by atoms with Crippen LogP contribution in [-0.4, -0.2) is 55.3 Å². The van der Waals surface area contributed by atoms with Gasteiger partial charge in [-0.15, -0.1) is 0 Å². The molecule has 5 heteroatoms. The predicted molar refractivity (Wildman–Crippen MR) is 96.5 cm³/mol. The molecule has 132 valence electrons. The highest BCUT2D eigenvalue weighted by Crippen LogP contribution is 2.28. The highest BCUT2D eigenvalue weighted by molar-refractivity contribution is 5.97. The zero-order valence-corrected chi connectivity index (χ0v) is 14.9. The molecule has 0 aliphatic carbocycles. The first-order valence-corrected chi connectivity index (χ1v) is 8.49. The van der Waals surface area contributed by atoms with Gasteiger partial charge in [0.2, 0.25) is 0 Å². The van der Waals surface area contributed by atoms with Gasteiger partial charge in [-0.2, -0.15) is 0 Å². The third-order valence-electron chi connectivity index (χ3n) is 4.83. The van der Waals surface area contributed by atoms with E-state index in [1.165, 1.54) is 0 Å². The Balaban J connectivity index is 1.92. The van der Waals surface area contributed by atoms with Crippen LogP contribution in [0.15, 0.2) is 42.6 Å². The second-order valence-electron chi connectivity index (χ2n) is 6.35. The highest BCUT2D eigenvalue weighted by atomic mass is 16.5. The minimum absolute atomic E-state index is 0.0249. The lowest BCUT2D eigenvalue weighted by molar-refractivity contribution is 0.0611. The van der Waals surface area contributed by atoms with Gasteiger partial charge in [0.25, 0.3) is 5.91 Å². The molecule has 1 aliphatic rings. The van der Waals surface area contributed by atoms with Crippen molar-refractivity contribution in [1.82, 2.24) is 9.88 Å². The summed E-state index contributed by atoms with van der Waals surface area (Å²) in [7, 11) is 3.35. The van der Waals surface area contributed by atoms with Crippen molar-refractivity contribution in [2.75, 3.05) is 27.4 Å². The minimum atomic E-state index is 0.0249. The van der Waals surface area contributed by atoms with Crippen LogP contribution in [0.25, 0.3) is 11.3 Å². The molecule has 1 aliphatic heterocycles. The summed E-state index contributed by atoms with van der Waals surface area (Å²) in [4.78, 5) is 19.5. The number of carbonyl (C=O) groups is 1. The molecule has 0 N–H and O–H groups in total. The number of nitrogens with zero attached hydrogens (tertiary/aromatic N) is 2. The van der Waals surface area contributed by atoms with E-state index in [1.54, 1.807) is 20.4 Å². The molecule has 0 radical (unpaired) electrons. The summed E-state index contributed by atoms with van der Waals surface area (Å²) in [5.74, 6) is 0.0249. The van der Waals surface area contributed by atoms with Gasteiger partial charge >= 0.3 is 0 Å². The summed E-state index contributed by atoms with van der Waals surface area (Å²) in [5, 5.41) is 0. The molecule has 2 atom stereocenters. The fourth-order valence-electron chi connectivity index (χ4n) is 3.47. The molecule has 0 bridgehead atoms. The second kappa shape index (κ2) is 7.76.